The first kappa shape index (κ1) is 15.9. The SMILES string of the molecule is Cc1cc(S(=O)(=O)NCC2CCN(C)CC2)ccc1Br. The molecule has 0 aromatic heterocycles. The molecule has 1 aromatic rings. The summed E-state index contributed by atoms with van der Waals surface area (Å²) in [5, 5.41) is 0. The molecule has 1 aromatic carbocycles. The standard InChI is InChI=1S/C14H21BrN2O2S/c1-11-9-13(3-4-14(11)15)20(18,19)16-10-12-5-7-17(2)8-6-12/h3-4,9,12,16H,5-8,10H2,1-2H3. The molecule has 1 saturated heterocycles. The summed E-state index contributed by atoms with van der Waals surface area (Å²) in [6.45, 7) is 4.51. The molecule has 1 N–H and O–H groups in total. The molecule has 1 fully saturated rings. The van der Waals surface area contributed by atoms with Gasteiger partial charge in [0.2, 0.25) is 10.0 Å². The fourth-order valence-corrected chi connectivity index (χ4v) is 3.81. The maximum absolute atomic E-state index is 12.3. The van der Waals surface area contributed by atoms with Gasteiger partial charge in [-0.25, -0.2) is 13.1 Å². The van der Waals surface area contributed by atoms with Crippen LogP contribution in [0.5, 0.6) is 0 Å². The van der Waals surface area contributed by atoms with E-state index in [9.17, 15) is 8.42 Å². The van der Waals surface area contributed by atoms with Crippen LogP contribution in [0, 0.1) is 12.8 Å². The van der Waals surface area contributed by atoms with E-state index in [1.165, 1.54) is 0 Å². The Morgan fingerprint density at radius 2 is 2.00 bits per heavy atom. The fraction of sp³-hybridized carbons (Fsp3) is 0.571. The van der Waals surface area contributed by atoms with Crippen molar-refractivity contribution in [3.05, 3.63) is 28.2 Å². The number of rotatable bonds is 4. The molecule has 20 heavy (non-hydrogen) atoms. The van der Waals surface area contributed by atoms with Crippen LogP contribution in [-0.4, -0.2) is 40.0 Å². The third-order valence-electron chi connectivity index (χ3n) is 3.84. The van der Waals surface area contributed by atoms with Crippen LogP contribution in [0.1, 0.15) is 18.4 Å². The maximum Gasteiger partial charge on any atom is 0.240 e. The zero-order valence-electron chi connectivity index (χ0n) is 11.9. The molecule has 0 amide bonds. The third kappa shape index (κ3) is 4.04. The minimum atomic E-state index is -3.40. The van der Waals surface area contributed by atoms with Crippen LogP contribution < -0.4 is 4.72 Å². The Hall–Kier alpha value is -0.430. The average molecular weight is 361 g/mol. The highest BCUT2D eigenvalue weighted by molar-refractivity contribution is 9.10. The van der Waals surface area contributed by atoms with Crippen LogP contribution in [-0.2, 0) is 10.0 Å². The summed E-state index contributed by atoms with van der Waals surface area (Å²) < 4.78 is 28.2. The fourth-order valence-electron chi connectivity index (χ4n) is 2.36. The van der Waals surface area contributed by atoms with E-state index >= 15 is 0 Å². The van der Waals surface area contributed by atoms with Crippen molar-refractivity contribution in [3.8, 4) is 0 Å². The largest absolute Gasteiger partial charge is 0.306 e. The molecule has 0 aliphatic carbocycles. The van der Waals surface area contributed by atoms with Crippen molar-refractivity contribution in [1.82, 2.24) is 9.62 Å². The number of sulfonamides is 1. The Morgan fingerprint density at radius 3 is 2.60 bits per heavy atom. The molecule has 2 rings (SSSR count). The topological polar surface area (TPSA) is 49.4 Å². The highest BCUT2D eigenvalue weighted by Gasteiger charge is 2.20. The zero-order chi connectivity index (χ0) is 14.8. The lowest BCUT2D eigenvalue weighted by Gasteiger charge is -2.28. The van der Waals surface area contributed by atoms with Gasteiger partial charge >= 0.3 is 0 Å². The van der Waals surface area contributed by atoms with E-state index in [-0.39, 0.29) is 0 Å². The van der Waals surface area contributed by atoms with Crippen molar-refractivity contribution < 1.29 is 8.42 Å². The summed E-state index contributed by atoms with van der Waals surface area (Å²) in [6, 6.07) is 5.11. The number of nitrogens with one attached hydrogen (secondary N) is 1. The van der Waals surface area contributed by atoms with E-state index in [4.69, 9.17) is 0 Å². The predicted octanol–water partition coefficient (Wildman–Crippen LogP) is 2.38. The minimum absolute atomic E-state index is 0.339. The van der Waals surface area contributed by atoms with Gasteiger partial charge in [-0.15, -0.1) is 0 Å². The van der Waals surface area contributed by atoms with Crippen molar-refractivity contribution in [2.75, 3.05) is 26.7 Å². The van der Waals surface area contributed by atoms with Gasteiger partial charge in [0.15, 0.2) is 0 Å². The second-order valence-electron chi connectivity index (χ2n) is 5.51. The van der Waals surface area contributed by atoms with Crippen LogP contribution in [0.3, 0.4) is 0 Å². The summed E-state index contributed by atoms with van der Waals surface area (Å²) in [5.41, 5.74) is 0.923. The van der Waals surface area contributed by atoms with Crippen LogP contribution in [0.15, 0.2) is 27.6 Å². The Labute approximate surface area is 129 Å². The van der Waals surface area contributed by atoms with Gasteiger partial charge < -0.3 is 4.90 Å². The number of aryl methyl sites for hydroxylation is 1. The van der Waals surface area contributed by atoms with E-state index in [0.29, 0.717) is 17.4 Å². The Kier molecular flexibility index (Phi) is 5.23. The molecule has 0 saturated carbocycles. The van der Waals surface area contributed by atoms with Gasteiger partial charge in [-0.05, 0) is 69.6 Å². The predicted molar refractivity (Wildman–Crippen MR) is 84.3 cm³/mol. The number of piperidine rings is 1. The number of hydrogen-bond donors (Lipinski definition) is 1. The van der Waals surface area contributed by atoms with Gasteiger partial charge in [0.1, 0.15) is 0 Å². The van der Waals surface area contributed by atoms with E-state index in [2.05, 4.69) is 32.6 Å². The van der Waals surface area contributed by atoms with Crippen molar-refractivity contribution in [3.63, 3.8) is 0 Å². The van der Waals surface area contributed by atoms with Crippen LogP contribution in [0.2, 0.25) is 0 Å². The molecule has 4 nitrogen and oxygen atoms in total. The van der Waals surface area contributed by atoms with Crippen molar-refractivity contribution >= 4 is 26.0 Å². The molecule has 0 radical (unpaired) electrons. The number of likely N-dealkylation sites (tertiary alicyclic amines) is 1. The highest BCUT2D eigenvalue weighted by Crippen LogP contribution is 2.21. The lowest BCUT2D eigenvalue weighted by atomic mass is 9.98. The molecular weight excluding hydrogens is 340 g/mol. The minimum Gasteiger partial charge on any atom is -0.306 e. The second kappa shape index (κ2) is 6.56. The monoisotopic (exact) mass is 360 g/mol. The van der Waals surface area contributed by atoms with Gasteiger partial charge in [0.25, 0.3) is 0 Å². The number of nitrogens with zero attached hydrogens (tertiary/aromatic N) is 1. The molecule has 1 aliphatic rings. The average Bonchev–Trinajstić information content (AvgIpc) is 2.41. The number of hydrogen-bond acceptors (Lipinski definition) is 3. The van der Waals surface area contributed by atoms with E-state index in [0.717, 1.165) is 36.0 Å². The quantitative estimate of drug-likeness (QED) is 0.896. The van der Waals surface area contributed by atoms with Crippen molar-refractivity contribution in [1.29, 1.82) is 0 Å². The molecule has 0 spiro atoms. The van der Waals surface area contributed by atoms with Gasteiger partial charge in [0.05, 0.1) is 4.90 Å². The second-order valence-corrected chi connectivity index (χ2v) is 8.13. The summed E-state index contributed by atoms with van der Waals surface area (Å²) in [6.07, 6.45) is 2.11. The first-order valence-electron chi connectivity index (χ1n) is 6.83. The molecule has 112 valence electrons. The maximum atomic E-state index is 12.3. The van der Waals surface area contributed by atoms with Crippen molar-refractivity contribution in [2.45, 2.75) is 24.7 Å². The van der Waals surface area contributed by atoms with Gasteiger partial charge in [-0.3, -0.25) is 0 Å². The summed E-state index contributed by atoms with van der Waals surface area (Å²) in [4.78, 5) is 2.62. The smallest absolute Gasteiger partial charge is 0.240 e. The Balaban J connectivity index is 1.98. The zero-order valence-corrected chi connectivity index (χ0v) is 14.3. The Bertz CT molecular complexity index is 567. The highest BCUT2D eigenvalue weighted by atomic mass is 79.9. The van der Waals surface area contributed by atoms with Crippen LogP contribution in [0.4, 0.5) is 0 Å². The van der Waals surface area contributed by atoms with Crippen LogP contribution >= 0.6 is 15.9 Å². The first-order chi connectivity index (χ1) is 9.38. The molecular formula is C14H21BrN2O2S. The van der Waals surface area contributed by atoms with E-state index in [1.807, 2.05) is 6.92 Å². The molecule has 6 heteroatoms. The van der Waals surface area contributed by atoms with Crippen molar-refractivity contribution in [2.24, 2.45) is 5.92 Å². The van der Waals surface area contributed by atoms with Gasteiger partial charge in [-0.1, -0.05) is 15.9 Å². The Morgan fingerprint density at radius 1 is 1.35 bits per heavy atom. The van der Waals surface area contributed by atoms with Gasteiger partial charge in [0, 0.05) is 11.0 Å². The lowest BCUT2D eigenvalue weighted by molar-refractivity contribution is 0.220. The van der Waals surface area contributed by atoms with E-state index < -0.39 is 10.0 Å². The molecule has 0 atom stereocenters. The summed E-state index contributed by atoms with van der Waals surface area (Å²) in [5.74, 6) is 0.442. The first-order valence-corrected chi connectivity index (χ1v) is 9.10. The lowest BCUT2D eigenvalue weighted by Crippen LogP contribution is -2.36. The van der Waals surface area contributed by atoms with Crippen LogP contribution in [0.25, 0.3) is 0 Å². The molecule has 0 bridgehead atoms. The third-order valence-corrected chi connectivity index (χ3v) is 6.15. The van der Waals surface area contributed by atoms with E-state index in [1.54, 1.807) is 18.2 Å². The number of halogens is 1. The molecule has 1 aliphatic heterocycles. The molecule has 1 heterocycles. The molecule has 0 unspecified atom stereocenters. The number of benzene rings is 1. The normalized spacial score (nSPS) is 18.4. The summed E-state index contributed by atoms with van der Waals surface area (Å²) in [7, 11) is -1.29. The van der Waals surface area contributed by atoms with Gasteiger partial charge in [-0.2, -0.15) is 0 Å². The summed E-state index contributed by atoms with van der Waals surface area (Å²) >= 11 is 3.38.